The Hall–Kier alpha value is -2.95. The number of thioether (sulfide) groups is 1. The SMILES string of the molecule is O=C(O)CCCCCCCCCCN1C(=O)/C(=C\c2c(Sc3ccccc3)nc3ccccn3c2=O)SC1=S. The fraction of sp³-hybridized carbons (Fsp3) is 0.345. The molecule has 204 valence electrons. The van der Waals surface area contributed by atoms with Crippen molar-refractivity contribution in [2.45, 2.75) is 67.7 Å². The van der Waals surface area contributed by atoms with Gasteiger partial charge in [-0.2, -0.15) is 0 Å². The van der Waals surface area contributed by atoms with Crippen molar-refractivity contribution in [2.24, 2.45) is 0 Å². The molecule has 7 nitrogen and oxygen atoms in total. The van der Waals surface area contributed by atoms with E-state index in [0.717, 1.165) is 56.3 Å². The molecular weight excluding hydrogens is 551 g/mol. The third-order valence-corrected chi connectivity index (χ3v) is 8.75. The molecule has 3 aromatic rings. The second-order valence-electron chi connectivity index (χ2n) is 9.29. The Kier molecular flexibility index (Phi) is 10.8. The Balaban J connectivity index is 1.39. The first-order valence-electron chi connectivity index (χ1n) is 13.2. The quantitative estimate of drug-likeness (QED) is 0.0980. The molecule has 39 heavy (non-hydrogen) atoms. The molecule has 1 aromatic carbocycles. The first-order valence-corrected chi connectivity index (χ1v) is 15.2. The largest absolute Gasteiger partial charge is 0.481 e. The van der Waals surface area contributed by atoms with Crippen molar-refractivity contribution >= 4 is 63.7 Å². The Bertz CT molecular complexity index is 1420. The number of carbonyl (C=O) groups is 2. The summed E-state index contributed by atoms with van der Waals surface area (Å²) in [6, 6.07) is 15.1. The first kappa shape index (κ1) is 29.0. The number of aliphatic carboxylic acids is 1. The Morgan fingerprint density at radius 3 is 2.33 bits per heavy atom. The molecular formula is C29H31N3O4S3. The number of rotatable bonds is 14. The number of hydrogen-bond acceptors (Lipinski definition) is 7. The van der Waals surface area contributed by atoms with E-state index in [9.17, 15) is 14.4 Å². The predicted molar refractivity (Wildman–Crippen MR) is 161 cm³/mol. The van der Waals surface area contributed by atoms with E-state index in [2.05, 4.69) is 0 Å². The van der Waals surface area contributed by atoms with Crippen molar-refractivity contribution in [3.8, 4) is 0 Å². The maximum absolute atomic E-state index is 13.5. The summed E-state index contributed by atoms with van der Waals surface area (Å²) in [7, 11) is 0. The van der Waals surface area contributed by atoms with Crippen LogP contribution in [0.4, 0.5) is 0 Å². The maximum atomic E-state index is 13.5. The van der Waals surface area contributed by atoms with Crippen LogP contribution in [0, 0.1) is 0 Å². The zero-order chi connectivity index (χ0) is 27.6. The molecule has 10 heteroatoms. The van der Waals surface area contributed by atoms with Gasteiger partial charge in [0.25, 0.3) is 11.5 Å². The molecule has 1 aliphatic rings. The van der Waals surface area contributed by atoms with Gasteiger partial charge in [0, 0.05) is 24.1 Å². The van der Waals surface area contributed by atoms with Crippen molar-refractivity contribution < 1.29 is 14.7 Å². The molecule has 1 saturated heterocycles. The molecule has 1 fully saturated rings. The van der Waals surface area contributed by atoms with Crippen LogP contribution in [0.2, 0.25) is 0 Å². The lowest BCUT2D eigenvalue weighted by Gasteiger charge is -2.14. The number of thiocarbonyl (C=S) groups is 1. The zero-order valence-electron chi connectivity index (χ0n) is 21.6. The van der Waals surface area contributed by atoms with Gasteiger partial charge in [-0.3, -0.25) is 23.7 Å². The van der Waals surface area contributed by atoms with Crippen LogP contribution in [0.5, 0.6) is 0 Å². The number of fused-ring (bicyclic) bond motifs is 1. The summed E-state index contributed by atoms with van der Waals surface area (Å²) in [6.07, 6.45) is 11.5. The lowest BCUT2D eigenvalue weighted by molar-refractivity contribution is -0.137. The standard InChI is InChI=1S/C29H31N3O4S3/c33-25(34)17-10-5-3-1-2-4-6-12-19-32-28(36)23(39-29(32)37)20-22-26(38-21-14-8-7-9-15-21)30-24-16-11-13-18-31(24)27(22)35/h7-9,11,13-16,18,20H,1-6,10,12,17,19H2,(H,33,34)/b23-20+. The van der Waals surface area contributed by atoms with E-state index in [4.69, 9.17) is 22.3 Å². The minimum absolute atomic E-state index is 0.170. The molecule has 0 aliphatic carbocycles. The number of benzene rings is 1. The van der Waals surface area contributed by atoms with Crippen molar-refractivity contribution in [3.05, 3.63) is 75.6 Å². The summed E-state index contributed by atoms with van der Waals surface area (Å²) in [5, 5.41) is 9.23. The molecule has 0 unspecified atom stereocenters. The summed E-state index contributed by atoms with van der Waals surface area (Å²) in [5.41, 5.74) is 0.689. The van der Waals surface area contributed by atoms with E-state index in [0.29, 0.717) is 32.0 Å². The highest BCUT2D eigenvalue weighted by Crippen LogP contribution is 2.35. The lowest BCUT2D eigenvalue weighted by Crippen LogP contribution is -2.29. The number of carboxylic acid groups (broad SMARTS) is 1. The number of carbonyl (C=O) groups excluding carboxylic acids is 1. The van der Waals surface area contributed by atoms with Crippen molar-refractivity contribution in [1.82, 2.24) is 14.3 Å². The molecule has 1 aliphatic heterocycles. The average Bonchev–Trinajstić information content (AvgIpc) is 3.19. The average molecular weight is 582 g/mol. The van der Waals surface area contributed by atoms with Gasteiger partial charge >= 0.3 is 5.97 Å². The van der Waals surface area contributed by atoms with Crippen LogP contribution in [-0.4, -0.2) is 42.1 Å². The summed E-state index contributed by atoms with van der Waals surface area (Å²) < 4.78 is 2.00. The normalized spacial score (nSPS) is 14.6. The van der Waals surface area contributed by atoms with Gasteiger partial charge in [-0.25, -0.2) is 4.98 Å². The maximum Gasteiger partial charge on any atom is 0.303 e. The number of unbranched alkanes of at least 4 members (excludes halogenated alkanes) is 7. The van der Waals surface area contributed by atoms with Crippen molar-refractivity contribution in [2.75, 3.05) is 6.54 Å². The molecule has 0 radical (unpaired) electrons. The van der Waals surface area contributed by atoms with Gasteiger partial charge in [-0.15, -0.1) is 0 Å². The third-order valence-electron chi connectivity index (χ3n) is 6.36. The van der Waals surface area contributed by atoms with Gasteiger partial charge in [-0.05, 0) is 43.2 Å². The second-order valence-corrected chi connectivity index (χ2v) is 12.0. The molecule has 1 N–H and O–H groups in total. The van der Waals surface area contributed by atoms with Gasteiger partial charge in [0.2, 0.25) is 0 Å². The van der Waals surface area contributed by atoms with Gasteiger partial charge in [-0.1, -0.05) is 98.5 Å². The fourth-order valence-corrected chi connectivity index (χ4v) is 6.52. The van der Waals surface area contributed by atoms with Crippen LogP contribution in [0.3, 0.4) is 0 Å². The van der Waals surface area contributed by atoms with Crippen molar-refractivity contribution in [1.29, 1.82) is 0 Å². The predicted octanol–water partition coefficient (Wildman–Crippen LogP) is 6.64. The lowest BCUT2D eigenvalue weighted by atomic mass is 10.1. The number of pyridine rings is 1. The van der Waals surface area contributed by atoms with Crippen LogP contribution in [0.1, 0.15) is 63.4 Å². The highest BCUT2D eigenvalue weighted by molar-refractivity contribution is 8.26. The number of hydrogen-bond donors (Lipinski definition) is 1. The van der Waals surface area contributed by atoms with E-state index in [1.165, 1.54) is 27.9 Å². The fourth-order valence-electron chi connectivity index (χ4n) is 4.31. The minimum Gasteiger partial charge on any atom is -0.481 e. The number of nitrogens with zero attached hydrogens (tertiary/aromatic N) is 3. The van der Waals surface area contributed by atoms with E-state index >= 15 is 0 Å². The first-order chi connectivity index (χ1) is 18.9. The third kappa shape index (κ3) is 8.03. The Morgan fingerprint density at radius 1 is 0.949 bits per heavy atom. The smallest absolute Gasteiger partial charge is 0.303 e. The summed E-state index contributed by atoms with van der Waals surface area (Å²) in [4.78, 5) is 45.0. The summed E-state index contributed by atoms with van der Waals surface area (Å²) in [5.74, 6) is -0.898. The number of amides is 1. The van der Waals surface area contributed by atoms with Crippen LogP contribution >= 0.6 is 35.7 Å². The molecule has 1 amide bonds. The van der Waals surface area contributed by atoms with E-state index < -0.39 is 5.97 Å². The molecule has 2 aromatic heterocycles. The highest BCUT2D eigenvalue weighted by atomic mass is 32.2. The molecule has 0 spiro atoms. The molecule has 3 heterocycles. The van der Waals surface area contributed by atoms with Crippen LogP contribution in [0.15, 0.2) is 74.3 Å². The summed E-state index contributed by atoms with van der Waals surface area (Å²) >= 11 is 8.14. The Labute approximate surface area is 241 Å². The molecule has 0 saturated carbocycles. The van der Waals surface area contributed by atoms with Crippen molar-refractivity contribution in [3.63, 3.8) is 0 Å². The monoisotopic (exact) mass is 581 g/mol. The topological polar surface area (TPSA) is 92.0 Å². The number of carboxylic acids is 1. The van der Waals surface area contributed by atoms with E-state index in [1.807, 2.05) is 36.4 Å². The van der Waals surface area contributed by atoms with Gasteiger partial charge in [0.1, 0.15) is 15.0 Å². The number of aromatic nitrogens is 2. The zero-order valence-corrected chi connectivity index (χ0v) is 24.0. The van der Waals surface area contributed by atoms with Crippen LogP contribution < -0.4 is 5.56 Å². The Morgan fingerprint density at radius 2 is 1.62 bits per heavy atom. The van der Waals surface area contributed by atoms with E-state index in [-0.39, 0.29) is 17.9 Å². The molecule has 4 rings (SSSR count). The molecule has 0 bridgehead atoms. The van der Waals surface area contributed by atoms with E-state index in [1.54, 1.807) is 29.3 Å². The van der Waals surface area contributed by atoms with Gasteiger partial charge in [0.15, 0.2) is 0 Å². The summed E-state index contributed by atoms with van der Waals surface area (Å²) in [6.45, 7) is 0.557. The van der Waals surface area contributed by atoms with Crippen LogP contribution in [-0.2, 0) is 9.59 Å². The molecule has 0 atom stereocenters. The minimum atomic E-state index is -0.728. The van der Waals surface area contributed by atoms with Crippen LogP contribution in [0.25, 0.3) is 11.7 Å². The second kappa shape index (κ2) is 14.4. The van der Waals surface area contributed by atoms with Gasteiger partial charge in [0.05, 0.1) is 10.5 Å². The van der Waals surface area contributed by atoms with Gasteiger partial charge < -0.3 is 5.11 Å². The highest BCUT2D eigenvalue weighted by Gasteiger charge is 2.32.